The van der Waals surface area contributed by atoms with E-state index in [9.17, 15) is 26.0 Å². The van der Waals surface area contributed by atoms with Gasteiger partial charge in [0.05, 0.1) is 10.6 Å². The number of benzene rings is 2. The van der Waals surface area contributed by atoms with Crippen molar-refractivity contribution in [3.8, 4) is 5.75 Å². The molecule has 0 saturated carbocycles. The van der Waals surface area contributed by atoms with Crippen LogP contribution < -0.4 is 9.08 Å². The van der Waals surface area contributed by atoms with E-state index in [4.69, 9.17) is 0 Å². The van der Waals surface area contributed by atoms with Crippen LogP contribution in [0.2, 0.25) is 0 Å². The second-order valence-electron chi connectivity index (χ2n) is 8.26. The molecule has 1 unspecified atom stereocenters. The van der Waals surface area contributed by atoms with E-state index in [-0.39, 0.29) is 21.9 Å². The second-order valence-corrected chi connectivity index (χ2v) is 11.7. The third kappa shape index (κ3) is 5.79. The highest BCUT2D eigenvalue weighted by Crippen LogP contribution is 2.50. The minimum absolute atomic E-state index is 0.0906. The smallest absolute Gasteiger partial charge is 0.375 e. The van der Waals surface area contributed by atoms with E-state index >= 15 is 0 Å². The lowest BCUT2D eigenvalue weighted by Gasteiger charge is -2.37. The molecule has 1 aliphatic heterocycles. The predicted octanol–water partition coefficient (Wildman–Crippen LogP) is 7.61. The number of halogens is 4. The molecule has 2 aromatic carbocycles. The Morgan fingerprint density at radius 3 is 2.41 bits per heavy atom. The highest BCUT2D eigenvalue weighted by Gasteiger charge is 2.49. The van der Waals surface area contributed by atoms with E-state index in [0.717, 1.165) is 48.8 Å². The maximum absolute atomic E-state index is 13.6. The summed E-state index contributed by atoms with van der Waals surface area (Å²) >= 11 is 2.57. The van der Waals surface area contributed by atoms with Crippen molar-refractivity contribution in [3.63, 3.8) is 0 Å². The van der Waals surface area contributed by atoms with E-state index in [1.807, 2.05) is 0 Å². The van der Waals surface area contributed by atoms with Crippen molar-refractivity contribution in [2.75, 3.05) is 23.5 Å². The zero-order valence-corrected chi connectivity index (χ0v) is 21.6. The summed E-state index contributed by atoms with van der Waals surface area (Å²) in [5, 5.41) is 0. The predicted molar refractivity (Wildman–Crippen MR) is 130 cm³/mol. The molecule has 0 N–H and O–H groups in total. The first-order chi connectivity index (χ1) is 15.9. The van der Waals surface area contributed by atoms with Crippen LogP contribution in [-0.4, -0.2) is 32.5 Å². The topological polar surface area (TPSA) is 46.6 Å². The summed E-state index contributed by atoms with van der Waals surface area (Å²) in [4.78, 5) is 2.92. The van der Waals surface area contributed by atoms with Crippen LogP contribution in [0.4, 0.5) is 28.9 Å². The van der Waals surface area contributed by atoms with Crippen LogP contribution in [0.5, 0.6) is 5.75 Å². The number of unbranched alkanes of at least 4 members (excludes halogenated alkanes) is 1. The molecule has 0 aromatic heterocycles. The van der Waals surface area contributed by atoms with Crippen molar-refractivity contribution >= 4 is 45.0 Å². The van der Waals surface area contributed by atoms with Crippen molar-refractivity contribution < 1.29 is 30.2 Å². The Hall–Kier alpha value is -1.59. The van der Waals surface area contributed by atoms with E-state index in [1.54, 1.807) is 24.5 Å². The van der Waals surface area contributed by atoms with Crippen molar-refractivity contribution in [2.24, 2.45) is 5.41 Å². The summed E-state index contributed by atoms with van der Waals surface area (Å²) in [6.07, 6.45) is 5.53. The van der Waals surface area contributed by atoms with Gasteiger partial charge in [-0.05, 0) is 60.9 Å². The Morgan fingerprint density at radius 2 is 1.85 bits per heavy atom. The number of alkyl halides is 3. The average Bonchev–Trinajstić information content (AvgIpc) is 2.94. The van der Waals surface area contributed by atoms with Gasteiger partial charge in [-0.1, -0.05) is 26.7 Å². The molecule has 0 aliphatic carbocycles. The maximum Gasteiger partial charge on any atom is 0.534 e. The summed E-state index contributed by atoms with van der Waals surface area (Å²) in [7, 11) is -5.81. The zero-order valence-electron chi connectivity index (χ0n) is 19.1. The lowest BCUT2D eigenvalue weighted by atomic mass is 9.81. The lowest BCUT2D eigenvalue weighted by Crippen LogP contribution is -2.36. The Bertz CT molecular complexity index is 1110. The van der Waals surface area contributed by atoms with Crippen LogP contribution in [0.1, 0.15) is 39.5 Å². The van der Waals surface area contributed by atoms with Gasteiger partial charge in [-0.2, -0.15) is 21.6 Å². The van der Waals surface area contributed by atoms with E-state index < -0.39 is 15.6 Å². The van der Waals surface area contributed by atoms with Gasteiger partial charge in [0.25, 0.3) is 0 Å². The van der Waals surface area contributed by atoms with Gasteiger partial charge in [-0.25, -0.2) is 4.39 Å². The fourth-order valence-corrected chi connectivity index (χ4v) is 6.35. The normalized spacial score (nSPS) is 19.0. The fraction of sp³-hybridized carbons (Fsp3) is 0.478. The quantitative estimate of drug-likeness (QED) is 0.150. The molecule has 0 spiro atoms. The number of fused-ring (bicyclic) bond motifs is 1. The largest absolute Gasteiger partial charge is 0.534 e. The Labute approximate surface area is 206 Å². The summed E-state index contributed by atoms with van der Waals surface area (Å²) in [6, 6.07) is 9.12. The SMILES string of the molecule is CCCCC1(CC)CSc2cc(OS(=O)(=O)C(F)(F)F)c(SC)cc2N(c2ccc(F)cc2)C1. The Morgan fingerprint density at radius 1 is 1.18 bits per heavy atom. The molecule has 0 bridgehead atoms. The second kappa shape index (κ2) is 10.6. The first-order valence-corrected chi connectivity index (χ1v) is 14.5. The first kappa shape index (κ1) is 27.0. The third-order valence-electron chi connectivity index (χ3n) is 6.00. The molecule has 1 atom stereocenters. The minimum atomic E-state index is -5.81. The monoisotopic (exact) mass is 537 g/mol. The number of anilines is 2. The number of thioether (sulfide) groups is 2. The molecule has 0 fully saturated rings. The van der Waals surface area contributed by atoms with Gasteiger partial charge in [0.1, 0.15) is 5.82 Å². The van der Waals surface area contributed by atoms with Gasteiger partial charge in [-0.3, -0.25) is 0 Å². The molecule has 11 heteroatoms. The van der Waals surface area contributed by atoms with Gasteiger partial charge in [0.15, 0.2) is 5.75 Å². The van der Waals surface area contributed by atoms with Gasteiger partial charge in [0, 0.05) is 22.9 Å². The van der Waals surface area contributed by atoms with Crippen LogP contribution in [0.3, 0.4) is 0 Å². The average molecular weight is 538 g/mol. The molecule has 1 aliphatic rings. The maximum atomic E-state index is 13.6. The summed E-state index contributed by atoms with van der Waals surface area (Å²) in [5.41, 5.74) is -4.14. The van der Waals surface area contributed by atoms with Crippen LogP contribution in [-0.2, 0) is 10.1 Å². The first-order valence-electron chi connectivity index (χ1n) is 10.8. The van der Waals surface area contributed by atoms with Crippen LogP contribution in [0, 0.1) is 11.2 Å². The summed E-state index contributed by atoms with van der Waals surface area (Å²) < 4.78 is 80.5. The molecule has 188 valence electrons. The summed E-state index contributed by atoms with van der Waals surface area (Å²) in [5.74, 6) is -0.0161. The molecule has 3 rings (SSSR count). The molecule has 4 nitrogen and oxygen atoms in total. The van der Waals surface area contributed by atoms with E-state index in [0.29, 0.717) is 17.2 Å². The number of hydrogen-bond donors (Lipinski definition) is 0. The number of nitrogens with zero attached hydrogens (tertiary/aromatic N) is 1. The fourth-order valence-electron chi connectivity index (χ4n) is 3.89. The molecule has 1 heterocycles. The van der Waals surface area contributed by atoms with Crippen LogP contribution in [0.15, 0.2) is 46.2 Å². The minimum Gasteiger partial charge on any atom is -0.375 e. The highest BCUT2D eigenvalue weighted by molar-refractivity contribution is 7.99. The summed E-state index contributed by atoms with van der Waals surface area (Å²) in [6.45, 7) is 4.88. The Kier molecular flexibility index (Phi) is 8.40. The van der Waals surface area contributed by atoms with E-state index in [2.05, 4.69) is 22.9 Å². The lowest BCUT2D eigenvalue weighted by molar-refractivity contribution is -0.0500. The highest BCUT2D eigenvalue weighted by atomic mass is 32.2. The Balaban J connectivity index is 2.14. The number of hydrogen-bond acceptors (Lipinski definition) is 6. The standard InChI is InChI=1S/C23H27F4NO3S3/c1-4-6-11-22(5-2)14-28(17-9-7-16(24)8-10-17)18-12-21(32-3)19(13-20(18)33-15-22)31-34(29,30)23(25,26)27/h7-10,12-13H,4-6,11,14-15H2,1-3H3. The number of rotatable bonds is 8. The van der Waals surface area contributed by atoms with Gasteiger partial charge in [0.2, 0.25) is 0 Å². The molecular weight excluding hydrogens is 510 g/mol. The van der Waals surface area contributed by atoms with E-state index in [1.165, 1.54) is 30.0 Å². The molecule has 2 aromatic rings. The third-order valence-corrected chi connectivity index (χ3v) is 9.11. The molecular formula is C23H27F4NO3S3. The van der Waals surface area contributed by atoms with Crippen molar-refractivity contribution in [2.45, 2.75) is 54.8 Å². The van der Waals surface area contributed by atoms with Crippen molar-refractivity contribution in [1.82, 2.24) is 0 Å². The van der Waals surface area contributed by atoms with Gasteiger partial charge in [-0.15, -0.1) is 23.5 Å². The van der Waals surface area contributed by atoms with Crippen LogP contribution >= 0.6 is 23.5 Å². The molecule has 34 heavy (non-hydrogen) atoms. The molecule has 0 saturated heterocycles. The zero-order chi connectivity index (χ0) is 25.1. The van der Waals surface area contributed by atoms with Gasteiger partial charge >= 0.3 is 15.6 Å². The van der Waals surface area contributed by atoms with Crippen molar-refractivity contribution in [3.05, 3.63) is 42.2 Å². The van der Waals surface area contributed by atoms with Crippen LogP contribution in [0.25, 0.3) is 0 Å². The molecule has 0 amide bonds. The van der Waals surface area contributed by atoms with Gasteiger partial charge < -0.3 is 9.08 Å². The molecule has 0 radical (unpaired) electrons. The van der Waals surface area contributed by atoms with Crippen molar-refractivity contribution in [1.29, 1.82) is 0 Å².